The van der Waals surface area contributed by atoms with Gasteiger partial charge in [0.05, 0.1) is 6.61 Å². The average Bonchev–Trinajstić information content (AvgIpc) is 2.76. The van der Waals surface area contributed by atoms with E-state index in [0.29, 0.717) is 12.4 Å². The van der Waals surface area contributed by atoms with Crippen LogP contribution in [0, 0.1) is 0 Å². The fourth-order valence-electron chi connectivity index (χ4n) is 3.48. The lowest BCUT2D eigenvalue weighted by Crippen LogP contribution is -2.07. The number of phenols is 1. The molecule has 0 aliphatic heterocycles. The molecule has 0 bridgehead atoms. The SMILES string of the molecule is CC/C(Cc1ccc(O)cc1)=C(/c1ccccc1)c1ccc(NCCOC)cc1. The Morgan fingerprint density at radius 2 is 1.52 bits per heavy atom. The van der Waals surface area contributed by atoms with Crippen LogP contribution in [-0.2, 0) is 11.2 Å². The van der Waals surface area contributed by atoms with Gasteiger partial charge >= 0.3 is 0 Å². The topological polar surface area (TPSA) is 41.5 Å². The van der Waals surface area contributed by atoms with Gasteiger partial charge in [-0.3, -0.25) is 0 Å². The molecule has 0 atom stereocenters. The number of anilines is 1. The zero-order chi connectivity index (χ0) is 20.5. The molecule has 0 fully saturated rings. The van der Waals surface area contributed by atoms with Crippen molar-refractivity contribution in [3.05, 3.63) is 101 Å². The van der Waals surface area contributed by atoms with E-state index in [-0.39, 0.29) is 0 Å². The monoisotopic (exact) mass is 387 g/mol. The van der Waals surface area contributed by atoms with E-state index in [2.05, 4.69) is 66.8 Å². The molecule has 3 nitrogen and oxygen atoms in total. The van der Waals surface area contributed by atoms with Crippen molar-refractivity contribution < 1.29 is 9.84 Å². The van der Waals surface area contributed by atoms with Gasteiger partial charge in [0.2, 0.25) is 0 Å². The van der Waals surface area contributed by atoms with Crippen molar-refractivity contribution in [2.24, 2.45) is 0 Å². The van der Waals surface area contributed by atoms with Crippen LogP contribution in [0.15, 0.2) is 84.4 Å². The van der Waals surface area contributed by atoms with Crippen LogP contribution < -0.4 is 5.32 Å². The van der Waals surface area contributed by atoms with E-state index in [9.17, 15) is 5.11 Å². The minimum atomic E-state index is 0.302. The molecule has 0 amide bonds. The van der Waals surface area contributed by atoms with E-state index in [4.69, 9.17) is 4.74 Å². The number of hydrogen-bond donors (Lipinski definition) is 2. The van der Waals surface area contributed by atoms with Gasteiger partial charge in [-0.25, -0.2) is 0 Å². The second-order valence-electron chi connectivity index (χ2n) is 7.04. The highest BCUT2D eigenvalue weighted by Crippen LogP contribution is 2.31. The third-order valence-electron chi connectivity index (χ3n) is 5.01. The van der Waals surface area contributed by atoms with Gasteiger partial charge in [-0.15, -0.1) is 0 Å². The van der Waals surface area contributed by atoms with Crippen molar-refractivity contribution in [3.63, 3.8) is 0 Å². The number of benzene rings is 3. The molecule has 0 heterocycles. The van der Waals surface area contributed by atoms with Gasteiger partial charge in [-0.05, 0) is 59.4 Å². The third kappa shape index (κ3) is 5.72. The molecule has 3 aromatic rings. The smallest absolute Gasteiger partial charge is 0.115 e. The van der Waals surface area contributed by atoms with Gasteiger partial charge in [0.25, 0.3) is 0 Å². The Morgan fingerprint density at radius 1 is 0.862 bits per heavy atom. The predicted octanol–water partition coefficient (Wildman–Crippen LogP) is 5.91. The van der Waals surface area contributed by atoms with Crippen LogP contribution in [0.1, 0.15) is 30.0 Å². The highest BCUT2D eigenvalue weighted by atomic mass is 16.5. The molecule has 3 aromatic carbocycles. The summed E-state index contributed by atoms with van der Waals surface area (Å²) in [6, 6.07) is 26.7. The fraction of sp³-hybridized carbons (Fsp3) is 0.231. The molecule has 0 radical (unpaired) electrons. The standard InChI is InChI=1S/C26H29NO2/c1-3-21(19-20-9-15-25(28)16-10-20)26(22-7-5-4-6-8-22)23-11-13-24(14-12-23)27-17-18-29-2/h4-16,27-28H,3,17-19H2,1-2H3/b26-21+. The summed E-state index contributed by atoms with van der Waals surface area (Å²) >= 11 is 0. The van der Waals surface area contributed by atoms with Gasteiger partial charge < -0.3 is 15.2 Å². The molecular weight excluding hydrogens is 358 g/mol. The van der Waals surface area contributed by atoms with Gasteiger partial charge in [-0.2, -0.15) is 0 Å². The highest BCUT2D eigenvalue weighted by molar-refractivity contribution is 5.83. The maximum atomic E-state index is 9.59. The molecule has 0 aliphatic carbocycles. The molecule has 3 rings (SSSR count). The molecule has 29 heavy (non-hydrogen) atoms. The summed E-state index contributed by atoms with van der Waals surface area (Å²) in [6.45, 7) is 3.68. The number of nitrogens with one attached hydrogen (secondary N) is 1. The summed E-state index contributed by atoms with van der Waals surface area (Å²) in [4.78, 5) is 0. The van der Waals surface area contributed by atoms with E-state index in [1.807, 2.05) is 12.1 Å². The van der Waals surface area contributed by atoms with Crippen molar-refractivity contribution in [1.29, 1.82) is 0 Å². The van der Waals surface area contributed by atoms with Crippen LogP contribution in [0.2, 0.25) is 0 Å². The Morgan fingerprint density at radius 3 is 2.14 bits per heavy atom. The van der Waals surface area contributed by atoms with Gasteiger partial charge in [0.1, 0.15) is 5.75 Å². The van der Waals surface area contributed by atoms with Crippen LogP contribution in [0.25, 0.3) is 5.57 Å². The number of hydrogen-bond acceptors (Lipinski definition) is 3. The zero-order valence-electron chi connectivity index (χ0n) is 17.2. The summed E-state index contributed by atoms with van der Waals surface area (Å²) in [5.74, 6) is 0.302. The minimum absolute atomic E-state index is 0.302. The largest absolute Gasteiger partial charge is 0.508 e. The van der Waals surface area contributed by atoms with Crippen LogP contribution in [0.5, 0.6) is 5.75 Å². The molecule has 3 heteroatoms. The number of aromatic hydroxyl groups is 1. The molecule has 0 unspecified atom stereocenters. The predicted molar refractivity (Wildman–Crippen MR) is 121 cm³/mol. The van der Waals surface area contributed by atoms with Crippen LogP contribution in [-0.4, -0.2) is 25.4 Å². The Balaban J connectivity index is 1.97. The number of phenolic OH excluding ortho intramolecular Hbond substituents is 1. The Kier molecular flexibility index (Phi) is 7.48. The summed E-state index contributed by atoms with van der Waals surface area (Å²) in [5.41, 5.74) is 7.39. The van der Waals surface area contributed by atoms with E-state index in [0.717, 1.165) is 25.1 Å². The molecule has 0 spiro atoms. The normalized spacial score (nSPS) is 11.8. The van der Waals surface area contributed by atoms with Gasteiger partial charge in [0.15, 0.2) is 0 Å². The first-order chi connectivity index (χ1) is 14.2. The average molecular weight is 388 g/mol. The van der Waals surface area contributed by atoms with Crippen molar-refractivity contribution in [1.82, 2.24) is 0 Å². The number of rotatable bonds is 9. The molecule has 150 valence electrons. The van der Waals surface area contributed by atoms with E-state index < -0.39 is 0 Å². The quantitative estimate of drug-likeness (QED) is 0.449. The summed E-state index contributed by atoms with van der Waals surface area (Å²) < 4.78 is 5.11. The number of allylic oxidation sites excluding steroid dienone is 1. The Labute approximate surface area is 173 Å². The lowest BCUT2D eigenvalue weighted by Gasteiger charge is -2.17. The zero-order valence-corrected chi connectivity index (χ0v) is 17.2. The third-order valence-corrected chi connectivity index (χ3v) is 5.01. The van der Waals surface area contributed by atoms with Crippen LogP contribution in [0.4, 0.5) is 5.69 Å². The van der Waals surface area contributed by atoms with E-state index >= 15 is 0 Å². The van der Waals surface area contributed by atoms with Crippen molar-refractivity contribution >= 4 is 11.3 Å². The second-order valence-corrected chi connectivity index (χ2v) is 7.04. The molecular formula is C26H29NO2. The Bertz CT molecular complexity index is 913. The maximum Gasteiger partial charge on any atom is 0.115 e. The molecule has 2 N–H and O–H groups in total. The molecule has 0 aliphatic rings. The van der Waals surface area contributed by atoms with Crippen LogP contribution in [0.3, 0.4) is 0 Å². The minimum Gasteiger partial charge on any atom is -0.508 e. The molecule has 0 saturated heterocycles. The summed E-state index contributed by atoms with van der Waals surface area (Å²) in [6.07, 6.45) is 1.81. The van der Waals surface area contributed by atoms with E-state index in [1.165, 1.54) is 27.8 Å². The lowest BCUT2D eigenvalue weighted by atomic mass is 9.88. The number of ether oxygens (including phenoxy) is 1. The first kappa shape index (κ1) is 20.7. The van der Waals surface area contributed by atoms with Crippen molar-refractivity contribution in [3.8, 4) is 5.75 Å². The van der Waals surface area contributed by atoms with Crippen LogP contribution >= 0.6 is 0 Å². The van der Waals surface area contributed by atoms with Gasteiger partial charge in [-0.1, -0.05) is 67.1 Å². The van der Waals surface area contributed by atoms with Crippen molar-refractivity contribution in [2.45, 2.75) is 19.8 Å². The highest BCUT2D eigenvalue weighted by Gasteiger charge is 2.12. The molecule has 0 saturated carbocycles. The lowest BCUT2D eigenvalue weighted by molar-refractivity contribution is 0.211. The fourth-order valence-corrected chi connectivity index (χ4v) is 3.48. The number of methoxy groups -OCH3 is 1. The maximum absolute atomic E-state index is 9.59. The first-order valence-electron chi connectivity index (χ1n) is 10.1. The van der Waals surface area contributed by atoms with Gasteiger partial charge in [0, 0.05) is 19.3 Å². The second kappa shape index (κ2) is 10.5. The van der Waals surface area contributed by atoms with Crippen molar-refractivity contribution in [2.75, 3.05) is 25.6 Å². The molecule has 0 aromatic heterocycles. The Hall–Kier alpha value is -3.04. The first-order valence-corrected chi connectivity index (χ1v) is 10.1. The summed E-state index contributed by atoms with van der Waals surface area (Å²) in [7, 11) is 1.71. The summed E-state index contributed by atoms with van der Waals surface area (Å²) in [5, 5.41) is 13.0. The van der Waals surface area contributed by atoms with E-state index in [1.54, 1.807) is 19.2 Å².